The van der Waals surface area contributed by atoms with Crippen molar-refractivity contribution in [2.45, 2.75) is 25.8 Å². The van der Waals surface area contributed by atoms with Crippen molar-refractivity contribution in [2.75, 3.05) is 19.7 Å². The molecule has 0 radical (unpaired) electrons. The van der Waals surface area contributed by atoms with E-state index in [1.807, 2.05) is 60.7 Å². The Balaban J connectivity index is 1.54. The Bertz CT molecular complexity index is 1040. The van der Waals surface area contributed by atoms with E-state index >= 15 is 0 Å². The lowest BCUT2D eigenvalue weighted by Gasteiger charge is -2.31. The number of rotatable bonds is 4. The number of likely N-dealkylation sites (tertiary alicyclic amines) is 1. The number of fused-ring (bicyclic) bond motifs is 1. The highest BCUT2D eigenvalue weighted by molar-refractivity contribution is 6.07. The largest absolute Gasteiger partial charge is 0.450 e. The Morgan fingerprint density at radius 2 is 1.77 bits per heavy atom. The van der Waals surface area contributed by atoms with E-state index in [9.17, 15) is 9.59 Å². The van der Waals surface area contributed by atoms with Crippen LogP contribution < -0.4 is 5.32 Å². The van der Waals surface area contributed by atoms with Gasteiger partial charge in [-0.1, -0.05) is 48.5 Å². The molecule has 1 aliphatic rings. The lowest BCUT2D eigenvalue weighted by atomic mass is 10.0. The number of nitrogens with one attached hydrogen (secondary N) is 1. The number of aromatic nitrogens is 1. The van der Waals surface area contributed by atoms with Crippen LogP contribution in [0.3, 0.4) is 0 Å². The van der Waals surface area contributed by atoms with E-state index in [-0.39, 0.29) is 18.0 Å². The van der Waals surface area contributed by atoms with Gasteiger partial charge in [0, 0.05) is 30.1 Å². The monoisotopic (exact) mass is 403 g/mol. The van der Waals surface area contributed by atoms with Gasteiger partial charge in [0.05, 0.1) is 23.4 Å². The van der Waals surface area contributed by atoms with Crippen LogP contribution in [0.2, 0.25) is 0 Å². The molecular formula is C24H25N3O3. The highest BCUT2D eigenvalue weighted by atomic mass is 16.6. The van der Waals surface area contributed by atoms with Gasteiger partial charge in [-0.05, 0) is 31.9 Å². The van der Waals surface area contributed by atoms with Crippen molar-refractivity contribution >= 4 is 22.9 Å². The Morgan fingerprint density at radius 3 is 2.50 bits per heavy atom. The van der Waals surface area contributed by atoms with Gasteiger partial charge in [0.15, 0.2) is 0 Å². The molecule has 1 aliphatic heterocycles. The van der Waals surface area contributed by atoms with E-state index in [4.69, 9.17) is 9.72 Å². The normalized spacial score (nSPS) is 14.5. The second-order valence-corrected chi connectivity index (χ2v) is 7.37. The molecule has 2 heterocycles. The fourth-order valence-corrected chi connectivity index (χ4v) is 3.80. The molecular weight excluding hydrogens is 378 g/mol. The molecule has 0 saturated carbocycles. The molecule has 1 saturated heterocycles. The molecule has 0 bridgehead atoms. The Labute approximate surface area is 175 Å². The summed E-state index contributed by atoms with van der Waals surface area (Å²) in [5.74, 6) is -0.111. The lowest BCUT2D eigenvalue weighted by Crippen LogP contribution is -2.46. The molecule has 2 amide bonds. The molecule has 6 heteroatoms. The lowest BCUT2D eigenvalue weighted by molar-refractivity contribution is 0.0861. The predicted octanol–water partition coefficient (Wildman–Crippen LogP) is 4.25. The van der Waals surface area contributed by atoms with E-state index < -0.39 is 0 Å². The molecule has 154 valence electrons. The van der Waals surface area contributed by atoms with Crippen molar-refractivity contribution in [2.24, 2.45) is 0 Å². The number of para-hydroxylation sites is 1. The molecule has 0 aliphatic carbocycles. The molecule has 1 fully saturated rings. The van der Waals surface area contributed by atoms with Gasteiger partial charge >= 0.3 is 6.09 Å². The highest BCUT2D eigenvalue weighted by Gasteiger charge is 2.25. The van der Waals surface area contributed by atoms with Gasteiger partial charge in [-0.3, -0.25) is 4.79 Å². The summed E-state index contributed by atoms with van der Waals surface area (Å²) in [7, 11) is 0. The van der Waals surface area contributed by atoms with Crippen LogP contribution in [-0.2, 0) is 4.74 Å². The molecule has 2 aromatic carbocycles. The summed E-state index contributed by atoms with van der Waals surface area (Å²) in [5.41, 5.74) is 3.16. The Morgan fingerprint density at radius 1 is 1.07 bits per heavy atom. The van der Waals surface area contributed by atoms with Crippen LogP contribution in [0.15, 0.2) is 60.7 Å². The average Bonchev–Trinajstić information content (AvgIpc) is 2.79. The topological polar surface area (TPSA) is 71.5 Å². The third kappa shape index (κ3) is 4.27. The van der Waals surface area contributed by atoms with Gasteiger partial charge < -0.3 is 15.0 Å². The number of hydrogen-bond acceptors (Lipinski definition) is 4. The highest BCUT2D eigenvalue weighted by Crippen LogP contribution is 2.25. The number of hydrogen-bond donors (Lipinski definition) is 1. The van der Waals surface area contributed by atoms with Gasteiger partial charge in [-0.2, -0.15) is 0 Å². The fourth-order valence-electron chi connectivity index (χ4n) is 3.80. The maximum Gasteiger partial charge on any atom is 0.409 e. The van der Waals surface area contributed by atoms with Crippen molar-refractivity contribution in [3.63, 3.8) is 0 Å². The van der Waals surface area contributed by atoms with Crippen molar-refractivity contribution in [1.29, 1.82) is 0 Å². The molecule has 1 N–H and O–H groups in total. The van der Waals surface area contributed by atoms with Gasteiger partial charge in [0.25, 0.3) is 5.91 Å². The smallest absolute Gasteiger partial charge is 0.409 e. The Hall–Kier alpha value is -3.41. The first kappa shape index (κ1) is 19.9. The number of amides is 2. The van der Waals surface area contributed by atoms with E-state index in [0.29, 0.717) is 38.1 Å². The maximum atomic E-state index is 13.2. The summed E-state index contributed by atoms with van der Waals surface area (Å²) in [5, 5.41) is 3.98. The number of piperidine rings is 1. The molecule has 3 aromatic rings. The number of nitrogens with zero attached hydrogens (tertiary/aromatic N) is 2. The summed E-state index contributed by atoms with van der Waals surface area (Å²) >= 11 is 0. The van der Waals surface area contributed by atoms with Crippen molar-refractivity contribution in [1.82, 2.24) is 15.2 Å². The number of carbonyl (C=O) groups is 2. The fraction of sp³-hybridized carbons (Fsp3) is 0.292. The summed E-state index contributed by atoms with van der Waals surface area (Å²) in [6.45, 7) is 3.33. The van der Waals surface area contributed by atoms with E-state index in [1.165, 1.54) is 0 Å². The first-order valence-corrected chi connectivity index (χ1v) is 10.3. The number of ether oxygens (including phenoxy) is 1. The molecule has 30 heavy (non-hydrogen) atoms. The molecule has 6 nitrogen and oxygen atoms in total. The summed E-state index contributed by atoms with van der Waals surface area (Å²) < 4.78 is 5.06. The summed E-state index contributed by atoms with van der Waals surface area (Å²) in [4.78, 5) is 31.5. The molecule has 1 aromatic heterocycles. The minimum Gasteiger partial charge on any atom is -0.450 e. The van der Waals surface area contributed by atoms with Crippen LogP contribution in [0.1, 0.15) is 30.1 Å². The average molecular weight is 403 g/mol. The molecule has 0 unspecified atom stereocenters. The van der Waals surface area contributed by atoms with Crippen LogP contribution in [0.4, 0.5) is 4.79 Å². The van der Waals surface area contributed by atoms with Crippen molar-refractivity contribution in [3.8, 4) is 11.3 Å². The van der Waals surface area contributed by atoms with Crippen LogP contribution in [0, 0.1) is 0 Å². The van der Waals surface area contributed by atoms with E-state index in [0.717, 1.165) is 22.2 Å². The first-order valence-electron chi connectivity index (χ1n) is 10.3. The third-order valence-electron chi connectivity index (χ3n) is 5.39. The molecule has 0 spiro atoms. The quantitative estimate of drug-likeness (QED) is 0.707. The van der Waals surface area contributed by atoms with Crippen LogP contribution in [0.5, 0.6) is 0 Å². The van der Waals surface area contributed by atoms with Gasteiger partial charge in [-0.15, -0.1) is 0 Å². The van der Waals surface area contributed by atoms with Crippen LogP contribution in [0.25, 0.3) is 22.2 Å². The van der Waals surface area contributed by atoms with Crippen LogP contribution in [-0.4, -0.2) is 47.6 Å². The maximum absolute atomic E-state index is 13.2. The second-order valence-electron chi connectivity index (χ2n) is 7.37. The Kier molecular flexibility index (Phi) is 5.93. The summed E-state index contributed by atoms with van der Waals surface area (Å²) in [6, 6.07) is 19.4. The second kappa shape index (κ2) is 8.95. The van der Waals surface area contributed by atoms with Crippen molar-refractivity contribution < 1.29 is 14.3 Å². The number of carbonyl (C=O) groups excluding carboxylic acids is 2. The van der Waals surface area contributed by atoms with E-state index in [2.05, 4.69) is 5.32 Å². The van der Waals surface area contributed by atoms with Gasteiger partial charge in [0.2, 0.25) is 0 Å². The molecule has 4 rings (SSSR count). The zero-order chi connectivity index (χ0) is 20.9. The zero-order valence-corrected chi connectivity index (χ0v) is 17.0. The first-order chi connectivity index (χ1) is 14.7. The standard InChI is InChI=1S/C24H25N3O3/c1-2-30-24(29)27-14-12-18(13-15-27)25-23(28)20-16-22(17-8-4-3-5-9-17)26-21-11-7-6-10-19(20)21/h3-11,16,18H,2,12-15H2,1H3,(H,25,28). The minimum atomic E-state index is -0.282. The summed E-state index contributed by atoms with van der Waals surface area (Å²) in [6.07, 6.45) is 1.13. The number of benzene rings is 2. The minimum absolute atomic E-state index is 0.0234. The van der Waals surface area contributed by atoms with E-state index in [1.54, 1.807) is 11.8 Å². The predicted molar refractivity (Wildman–Crippen MR) is 116 cm³/mol. The van der Waals surface area contributed by atoms with Crippen LogP contribution >= 0.6 is 0 Å². The third-order valence-corrected chi connectivity index (χ3v) is 5.39. The van der Waals surface area contributed by atoms with Crippen molar-refractivity contribution in [3.05, 3.63) is 66.2 Å². The molecule has 0 atom stereocenters. The SMILES string of the molecule is CCOC(=O)N1CCC(NC(=O)c2cc(-c3ccccc3)nc3ccccc23)CC1. The van der Waals surface area contributed by atoms with Gasteiger partial charge in [0.1, 0.15) is 0 Å². The zero-order valence-electron chi connectivity index (χ0n) is 17.0. The number of pyridine rings is 1. The van der Waals surface area contributed by atoms with Gasteiger partial charge in [-0.25, -0.2) is 9.78 Å².